The van der Waals surface area contributed by atoms with Crippen molar-refractivity contribution in [3.63, 3.8) is 0 Å². The Balaban J connectivity index is 6.49. The number of nitrogens with two attached hydrogens (primary N) is 9. The lowest BCUT2D eigenvalue weighted by Crippen LogP contribution is -2.59. The van der Waals surface area contributed by atoms with Gasteiger partial charge in [0.05, 0.1) is 0 Å². The van der Waals surface area contributed by atoms with Gasteiger partial charge in [-0.2, -0.15) is 12.6 Å². The number of nitrogens with zero attached hydrogens (tertiary/aromatic N) is 4. The lowest BCUT2D eigenvalue weighted by atomic mass is 10.0. The fourth-order valence-corrected chi connectivity index (χ4v) is 5.70. The molecule has 0 aliphatic carbocycles. The van der Waals surface area contributed by atoms with E-state index in [2.05, 4.69) is 69.8 Å². The van der Waals surface area contributed by atoms with Crippen LogP contribution in [-0.4, -0.2) is 145 Å². The summed E-state index contributed by atoms with van der Waals surface area (Å²) >= 11 is 4.07. The molecule has 362 valence electrons. The van der Waals surface area contributed by atoms with Gasteiger partial charge in [-0.05, 0) is 65.2 Å². The number of carbonyl (C=O) groups is 8. The standard InChI is InChI=1S/C35H68N20O8S/c1-17(26(58)52-20(25(36)57)8-4-12-45-32(37)38)49-28(60)21(9-5-13-46-33(39)40)54-30(62)23(11-7-15-48-35(43)44)55-29(61)22(10-6-14-47-34(41)42)53-27(59)18(2)50-31(63)24(16-64)51-19(3)56/h17-18,20-24,64H,4-16H2,1-3H3,(H2,36,57)(H,49,60)(H,50,63)(H,51,56)(H,52,58)(H,53,59)(H,54,62)(H,55,61)(H4,37,38,45)(H4,39,40,46)(H4,41,42,47)(H4,43,44,48)/t17-,18-,20-,21-,22-,23-,24-/m0/s1. The van der Waals surface area contributed by atoms with E-state index in [-0.39, 0.29) is 101 Å². The van der Waals surface area contributed by atoms with Crippen LogP contribution in [0.1, 0.15) is 72.1 Å². The Morgan fingerprint density at radius 2 is 0.672 bits per heavy atom. The SMILES string of the molecule is CC(=O)N[C@@H](CS)C(=O)N[C@@H](C)C(=O)N[C@@H](CCCN=C(N)N)C(=O)N[C@@H](CCCN=C(N)N)C(=O)N[C@@H](CCCN=C(N)N)C(=O)N[C@@H](C)C(=O)N[C@@H](CCCN=C(N)N)C(N)=O. The first-order chi connectivity index (χ1) is 30.0. The van der Waals surface area contributed by atoms with Crippen LogP contribution in [0.15, 0.2) is 20.0 Å². The van der Waals surface area contributed by atoms with Crippen LogP contribution in [0.4, 0.5) is 0 Å². The number of carbonyl (C=O) groups excluding carboxylic acids is 8. The molecule has 0 heterocycles. The zero-order chi connectivity index (χ0) is 48.9. The number of thiol groups is 1. The molecule has 29 heteroatoms. The second-order valence-electron chi connectivity index (χ2n) is 14.3. The topological polar surface area (TPSA) is 504 Å². The van der Waals surface area contributed by atoms with E-state index >= 15 is 0 Å². The van der Waals surface area contributed by atoms with Gasteiger partial charge in [0.1, 0.15) is 42.3 Å². The molecule has 0 aromatic carbocycles. The summed E-state index contributed by atoms with van der Waals surface area (Å²) < 4.78 is 0. The minimum absolute atomic E-state index is 0.0410. The van der Waals surface area contributed by atoms with Crippen molar-refractivity contribution in [2.45, 2.75) is 114 Å². The Morgan fingerprint density at radius 1 is 0.406 bits per heavy atom. The van der Waals surface area contributed by atoms with Gasteiger partial charge in [0, 0.05) is 38.9 Å². The number of nitrogens with one attached hydrogen (secondary N) is 7. The first-order valence-corrected chi connectivity index (χ1v) is 20.8. The maximum absolute atomic E-state index is 14.0. The minimum atomic E-state index is -1.37. The van der Waals surface area contributed by atoms with Crippen molar-refractivity contribution in [1.82, 2.24) is 37.2 Å². The Bertz CT molecular complexity index is 1700. The highest BCUT2D eigenvalue weighted by atomic mass is 32.1. The van der Waals surface area contributed by atoms with Gasteiger partial charge in [0.2, 0.25) is 47.3 Å². The molecule has 0 fully saturated rings. The molecular formula is C35H68N20O8S. The predicted molar refractivity (Wildman–Crippen MR) is 243 cm³/mol. The quantitative estimate of drug-likeness (QED) is 0.0133. The first kappa shape index (κ1) is 57.2. The summed E-state index contributed by atoms with van der Waals surface area (Å²) in [5.74, 6) is -7.03. The van der Waals surface area contributed by atoms with Crippen molar-refractivity contribution in [3.8, 4) is 0 Å². The summed E-state index contributed by atoms with van der Waals surface area (Å²) in [5.41, 5.74) is 48.8. The van der Waals surface area contributed by atoms with Gasteiger partial charge in [-0.25, -0.2) is 0 Å². The summed E-state index contributed by atoms with van der Waals surface area (Å²) in [5, 5.41) is 17.6. The van der Waals surface area contributed by atoms with Crippen LogP contribution in [0.5, 0.6) is 0 Å². The van der Waals surface area contributed by atoms with Crippen LogP contribution in [0.3, 0.4) is 0 Å². The van der Waals surface area contributed by atoms with Gasteiger partial charge in [-0.1, -0.05) is 0 Å². The van der Waals surface area contributed by atoms with Crippen LogP contribution >= 0.6 is 12.6 Å². The van der Waals surface area contributed by atoms with E-state index < -0.39 is 89.6 Å². The zero-order valence-corrected chi connectivity index (χ0v) is 37.3. The second kappa shape index (κ2) is 31.1. The van der Waals surface area contributed by atoms with E-state index in [1.807, 2.05) is 0 Å². The molecule has 8 amide bonds. The highest BCUT2D eigenvalue weighted by Crippen LogP contribution is 2.08. The molecule has 28 nitrogen and oxygen atoms in total. The molecule has 0 saturated heterocycles. The molecule has 0 bridgehead atoms. The molecule has 0 aromatic rings. The lowest BCUT2D eigenvalue weighted by Gasteiger charge is -2.27. The van der Waals surface area contributed by atoms with Crippen LogP contribution in [0.2, 0.25) is 0 Å². The van der Waals surface area contributed by atoms with E-state index in [4.69, 9.17) is 51.6 Å². The Labute approximate surface area is 376 Å². The van der Waals surface area contributed by atoms with E-state index in [9.17, 15) is 38.4 Å². The minimum Gasteiger partial charge on any atom is -0.370 e. The van der Waals surface area contributed by atoms with Crippen LogP contribution < -0.4 is 88.8 Å². The molecule has 0 aliphatic heterocycles. The summed E-state index contributed by atoms with van der Waals surface area (Å²) in [6.45, 7) is 4.22. The van der Waals surface area contributed by atoms with Gasteiger partial charge in [-0.15, -0.1) is 0 Å². The number of hydrogen-bond acceptors (Lipinski definition) is 13. The van der Waals surface area contributed by atoms with Crippen LogP contribution in [0.25, 0.3) is 0 Å². The van der Waals surface area contributed by atoms with Crippen molar-refractivity contribution >= 4 is 83.7 Å². The van der Waals surface area contributed by atoms with E-state index in [0.717, 1.165) is 0 Å². The molecule has 0 rings (SSSR count). The molecule has 0 aromatic heterocycles. The Morgan fingerprint density at radius 3 is 0.953 bits per heavy atom. The number of guanidine groups is 4. The fourth-order valence-electron chi connectivity index (χ4n) is 5.44. The molecular weight excluding hydrogens is 861 g/mol. The number of hydrogen-bond donors (Lipinski definition) is 17. The Hall–Kier alpha value is -6.81. The van der Waals surface area contributed by atoms with Gasteiger partial charge in [0.15, 0.2) is 23.8 Å². The third kappa shape index (κ3) is 25.8. The molecule has 25 N–H and O–H groups in total. The highest BCUT2D eigenvalue weighted by Gasteiger charge is 2.32. The maximum Gasteiger partial charge on any atom is 0.244 e. The molecule has 64 heavy (non-hydrogen) atoms. The van der Waals surface area contributed by atoms with Gasteiger partial charge < -0.3 is 88.8 Å². The highest BCUT2D eigenvalue weighted by molar-refractivity contribution is 7.80. The summed E-state index contributed by atoms with van der Waals surface area (Å²) in [4.78, 5) is 120. The molecule has 0 saturated carbocycles. The summed E-state index contributed by atoms with van der Waals surface area (Å²) in [6, 6.07) is -8.66. The largest absolute Gasteiger partial charge is 0.370 e. The van der Waals surface area contributed by atoms with Gasteiger partial charge >= 0.3 is 0 Å². The second-order valence-corrected chi connectivity index (χ2v) is 14.7. The molecule has 0 spiro atoms. The zero-order valence-electron chi connectivity index (χ0n) is 36.4. The van der Waals surface area contributed by atoms with Crippen molar-refractivity contribution in [2.24, 2.45) is 71.6 Å². The average Bonchev–Trinajstić information content (AvgIpc) is 3.20. The lowest BCUT2D eigenvalue weighted by molar-refractivity contribution is -0.135. The number of amides is 8. The van der Waals surface area contributed by atoms with Gasteiger partial charge in [0.25, 0.3) is 0 Å². The van der Waals surface area contributed by atoms with Crippen LogP contribution in [0, 0.1) is 0 Å². The van der Waals surface area contributed by atoms with Crippen molar-refractivity contribution in [3.05, 3.63) is 0 Å². The smallest absolute Gasteiger partial charge is 0.244 e. The number of rotatable bonds is 31. The Kier molecular flexibility index (Phi) is 27.8. The normalized spacial score (nSPS) is 13.8. The number of aliphatic imine (C=N–C) groups is 4. The van der Waals surface area contributed by atoms with Crippen molar-refractivity contribution in [2.75, 3.05) is 31.9 Å². The van der Waals surface area contributed by atoms with Crippen molar-refractivity contribution in [1.29, 1.82) is 0 Å². The van der Waals surface area contributed by atoms with Crippen LogP contribution in [-0.2, 0) is 38.4 Å². The third-order valence-electron chi connectivity index (χ3n) is 8.72. The molecule has 0 unspecified atom stereocenters. The van der Waals surface area contributed by atoms with E-state index in [1.165, 1.54) is 20.8 Å². The van der Waals surface area contributed by atoms with Crippen molar-refractivity contribution < 1.29 is 38.4 Å². The summed E-state index contributed by atoms with van der Waals surface area (Å²) in [6.07, 6.45) is 0.669. The number of primary amides is 1. The average molecular weight is 929 g/mol. The summed E-state index contributed by atoms with van der Waals surface area (Å²) in [7, 11) is 0. The van der Waals surface area contributed by atoms with E-state index in [1.54, 1.807) is 0 Å². The first-order valence-electron chi connectivity index (χ1n) is 20.2. The third-order valence-corrected chi connectivity index (χ3v) is 9.09. The molecule has 0 aliphatic rings. The maximum atomic E-state index is 14.0. The molecule has 7 atom stereocenters. The van der Waals surface area contributed by atoms with Gasteiger partial charge in [-0.3, -0.25) is 58.3 Å². The van der Waals surface area contributed by atoms with E-state index in [0.29, 0.717) is 6.42 Å². The predicted octanol–water partition coefficient (Wildman–Crippen LogP) is -7.93. The fraction of sp³-hybridized carbons (Fsp3) is 0.657. The molecule has 0 radical (unpaired) electrons. The monoisotopic (exact) mass is 929 g/mol.